The number of nitrogens with one attached hydrogen (secondary N) is 2. The number of carbonyl (C=O) groups excluding carboxylic acids is 2. The van der Waals surface area contributed by atoms with Crippen LogP contribution >= 0.6 is 0 Å². The van der Waals surface area contributed by atoms with Crippen LogP contribution in [0.5, 0.6) is 5.75 Å². The summed E-state index contributed by atoms with van der Waals surface area (Å²) in [4.78, 5) is 31.6. The van der Waals surface area contributed by atoms with Gasteiger partial charge in [0.1, 0.15) is 12.7 Å². The molecule has 0 aliphatic heterocycles. The fourth-order valence-corrected chi connectivity index (χ4v) is 6.73. The monoisotopic (exact) mass is 641 g/mol. The maximum absolute atomic E-state index is 13.7. The number of aromatic nitrogens is 1. The van der Waals surface area contributed by atoms with Gasteiger partial charge in [0, 0.05) is 19.7 Å². The van der Waals surface area contributed by atoms with Gasteiger partial charge in [-0.25, -0.2) is 4.98 Å². The van der Waals surface area contributed by atoms with E-state index in [0.29, 0.717) is 32.7 Å². The van der Waals surface area contributed by atoms with Crippen molar-refractivity contribution in [1.29, 1.82) is 0 Å². The van der Waals surface area contributed by atoms with Gasteiger partial charge in [0.25, 0.3) is 5.91 Å². The number of carbonyl (C=O) groups is 2. The smallest absolute Gasteiger partial charge is 0.274 e. The van der Waals surface area contributed by atoms with Crippen molar-refractivity contribution in [3.05, 3.63) is 59.4 Å². The van der Waals surface area contributed by atoms with Gasteiger partial charge >= 0.3 is 0 Å². The maximum Gasteiger partial charge on any atom is 0.274 e. The highest BCUT2D eigenvalue weighted by Gasteiger charge is 2.42. The largest absolute Gasteiger partial charge is 0.489 e. The molecule has 254 valence electrons. The first-order chi connectivity index (χ1) is 22.2. The normalized spacial score (nSPS) is 20.8. The molecule has 2 amide bonds. The van der Waals surface area contributed by atoms with Gasteiger partial charge in [-0.3, -0.25) is 9.59 Å². The van der Waals surface area contributed by atoms with Crippen LogP contribution in [0.25, 0.3) is 0 Å². The van der Waals surface area contributed by atoms with Crippen LogP contribution in [-0.2, 0) is 20.7 Å². The lowest BCUT2D eigenvalue weighted by molar-refractivity contribution is -0.137. The van der Waals surface area contributed by atoms with Gasteiger partial charge in [0.05, 0.1) is 50.0 Å². The third-order valence-electron chi connectivity index (χ3n) is 9.18. The molecule has 1 aromatic heterocycles. The van der Waals surface area contributed by atoms with Crippen LogP contribution < -0.4 is 15.4 Å². The summed E-state index contributed by atoms with van der Waals surface area (Å²) in [5.41, 5.74) is 1.87. The Morgan fingerprint density at radius 1 is 0.978 bits per heavy atom. The van der Waals surface area contributed by atoms with Gasteiger partial charge in [0.2, 0.25) is 5.91 Å². The molecule has 1 unspecified atom stereocenters. The predicted molar refractivity (Wildman–Crippen MR) is 172 cm³/mol. The Bertz CT molecular complexity index is 1250. The third kappa shape index (κ3) is 9.48. The van der Waals surface area contributed by atoms with Crippen LogP contribution in [0.15, 0.2) is 42.6 Å². The van der Waals surface area contributed by atoms with Gasteiger partial charge in [-0.05, 0) is 41.5 Å². The standard InChI is InChI=1S/C35H51N3O8/c1-22(2)29(34(42)38-30-25-13-8-7-12-24(25)21-27(30)39)33(41)32(40)26(20-23-10-5-4-6-11-23)37-35(43)31-28(14-9-15-36-31)46-19-18-45-17-16-44-3/h7-9,12-15,22-23,26-27,29-30,32-33,39-41H,4-6,10-11,16-21H2,1-3H3,(H,37,43)(H,38,42)/t26-,27?,29+,30-,32+,33+/m0/s1. The van der Waals surface area contributed by atoms with E-state index in [4.69, 9.17) is 14.2 Å². The molecular weight excluding hydrogens is 590 g/mol. The van der Waals surface area contributed by atoms with Crippen LogP contribution in [0, 0.1) is 17.8 Å². The molecule has 2 aromatic rings. The number of hydrogen-bond donors (Lipinski definition) is 5. The first-order valence-corrected chi connectivity index (χ1v) is 16.6. The van der Waals surface area contributed by atoms with E-state index in [-0.39, 0.29) is 29.9 Å². The molecule has 1 fully saturated rings. The van der Waals surface area contributed by atoms with Gasteiger partial charge in [-0.2, -0.15) is 0 Å². The van der Waals surface area contributed by atoms with E-state index in [2.05, 4.69) is 15.6 Å². The number of ether oxygens (including phenoxy) is 3. The highest BCUT2D eigenvalue weighted by Crippen LogP contribution is 2.33. The lowest BCUT2D eigenvalue weighted by atomic mass is 9.79. The van der Waals surface area contributed by atoms with E-state index in [1.54, 1.807) is 19.2 Å². The minimum atomic E-state index is -1.48. The highest BCUT2D eigenvalue weighted by atomic mass is 16.5. The summed E-state index contributed by atoms with van der Waals surface area (Å²) in [5, 5.41) is 39.9. The van der Waals surface area contributed by atoms with E-state index >= 15 is 0 Å². The van der Waals surface area contributed by atoms with E-state index in [9.17, 15) is 24.9 Å². The SMILES string of the molecule is COCCOCCOc1cccnc1C(=O)N[C@@H](CC1CCCCC1)[C@@H](O)[C@H](O)[C@H](C(=O)N[C@H]1c2ccccc2CC1O)C(C)C. The molecule has 0 bridgehead atoms. The topological polar surface area (TPSA) is 159 Å². The number of aliphatic hydroxyl groups excluding tert-OH is 3. The zero-order valence-corrected chi connectivity index (χ0v) is 27.3. The Morgan fingerprint density at radius 2 is 1.72 bits per heavy atom. The summed E-state index contributed by atoms with van der Waals surface area (Å²) in [5.74, 6) is -1.81. The first-order valence-electron chi connectivity index (χ1n) is 16.6. The summed E-state index contributed by atoms with van der Waals surface area (Å²) < 4.78 is 16.2. The zero-order chi connectivity index (χ0) is 33.1. The summed E-state index contributed by atoms with van der Waals surface area (Å²) in [6.45, 7) is 5.01. The molecule has 1 heterocycles. The summed E-state index contributed by atoms with van der Waals surface area (Å²) in [6.07, 6.45) is 3.86. The van der Waals surface area contributed by atoms with Crippen LogP contribution in [0.2, 0.25) is 0 Å². The minimum absolute atomic E-state index is 0.0572. The lowest BCUT2D eigenvalue weighted by Gasteiger charge is -2.36. The Morgan fingerprint density at radius 3 is 2.46 bits per heavy atom. The van der Waals surface area contributed by atoms with Crippen molar-refractivity contribution in [3.8, 4) is 5.75 Å². The van der Waals surface area contributed by atoms with E-state index in [0.717, 1.165) is 43.2 Å². The van der Waals surface area contributed by atoms with Crippen molar-refractivity contribution in [3.63, 3.8) is 0 Å². The van der Waals surface area contributed by atoms with Crippen molar-refractivity contribution in [2.75, 3.05) is 33.5 Å². The van der Waals surface area contributed by atoms with Gasteiger partial charge < -0.3 is 40.2 Å². The Labute approximate surface area is 272 Å². The molecule has 5 N–H and O–H groups in total. The van der Waals surface area contributed by atoms with E-state index in [1.807, 2.05) is 38.1 Å². The van der Waals surface area contributed by atoms with Gasteiger partial charge in [0.15, 0.2) is 11.4 Å². The molecule has 2 aliphatic rings. The lowest BCUT2D eigenvalue weighted by Crippen LogP contribution is -2.55. The van der Waals surface area contributed by atoms with E-state index in [1.165, 1.54) is 6.20 Å². The zero-order valence-electron chi connectivity index (χ0n) is 27.3. The third-order valence-corrected chi connectivity index (χ3v) is 9.18. The van der Waals surface area contributed by atoms with Crippen molar-refractivity contribution < 1.29 is 39.1 Å². The number of methoxy groups -OCH3 is 1. The molecule has 4 rings (SSSR count). The molecule has 11 heteroatoms. The fourth-order valence-electron chi connectivity index (χ4n) is 6.73. The van der Waals surface area contributed by atoms with Crippen molar-refractivity contribution in [2.24, 2.45) is 17.8 Å². The molecule has 2 aliphatic carbocycles. The van der Waals surface area contributed by atoms with Crippen molar-refractivity contribution in [1.82, 2.24) is 15.6 Å². The number of benzene rings is 1. The molecule has 0 saturated heterocycles. The van der Waals surface area contributed by atoms with Crippen LogP contribution in [-0.4, -0.2) is 90.0 Å². The molecular formula is C35H51N3O8. The molecule has 1 aromatic carbocycles. The Kier molecular flexibility index (Phi) is 13.8. The highest BCUT2D eigenvalue weighted by molar-refractivity contribution is 5.95. The van der Waals surface area contributed by atoms with Gasteiger partial charge in [-0.15, -0.1) is 0 Å². The molecule has 0 radical (unpaired) electrons. The molecule has 6 atom stereocenters. The maximum atomic E-state index is 13.7. The predicted octanol–water partition coefficient (Wildman–Crippen LogP) is 2.96. The molecule has 46 heavy (non-hydrogen) atoms. The van der Waals surface area contributed by atoms with Crippen LogP contribution in [0.1, 0.15) is 80.0 Å². The Balaban J connectivity index is 1.49. The number of nitrogens with zero attached hydrogens (tertiary/aromatic N) is 1. The second kappa shape index (κ2) is 17.7. The van der Waals surface area contributed by atoms with E-state index < -0.39 is 48.1 Å². The average Bonchev–Trinajstić information content (AvgIpc) is 3.36. The van der Waals surface area contributed by atoms with Crippen LogP contribution in [0.4, 0.5) is 0 Å². The number of aliphatic hydroxyl groups is 3. The Hall–Kier alpha value is -3.09. The molecule has 0 spiro atoms. The summed E-state index contributed by atoms with van der Waals surface area (Å²) in [7, 11) is 1.59. The minimum Gasteiger partial charge on any atom is -0.489 e. The quantitative estimate of drug-likeness (QED) is 0.164. The number of fused-ring (bicyclic) bond motifs is 1. The average molecular weight is 642 g/mol. The first kappa shape index (κ1) is 35.8. The second-order valence-corrected chi connectivity index (χ2v) is 12.8. The van der Waals surface area contributed by atoms with Gasteiger partial charge in [-0.1, -0.05) is 70.2 Å². The number of amides is 2. The van der Waals surface area contributed by atoms with Crippen LogP contribution in [0.3, 0.4) is 0 Å². The summed E-state index contributed by atoms with van der Waals surface area (Å²) >= 11 is 0. The number of pyridine rings is 1. The number of hydrogen-bond acceptors (Lipinski definition) is 9. The molecule has 1 saturated carbocycles. The number of rotatable bonds is 17. The summed E-state index contributed by atoms with van der Waals surface area (Å²) in [6, 6.07) is 9.43. The molecule has 11 nitrogen and oxygen atoms in total. The van der Waals surface area contributed by atoms with Crippen molar-refractivity contribution in [2.45, 2.75) is 89.2 Å². The second-order valence-electron chi connectivity index (χ2n) is 12.8. The van der Waals surface area contributed by atoms with Crippen molar-refractivity contribution >= 4 is 11.8 Å². The fraction of sp³-hybridized carbons (Fsp3) is 0.629.